The van der Waals surface area contributed by atoms with Gasteiger partial charge in [-0.1, -0.05) is 24.3 Å². The zero-order valence-corrected chi connectivity index (χ0v) is 16.3. The van der Waals surface area contributed by atoms with Gasteiger partial charge < -0.3 is 19.2 Å². The molecule has 0 spiro atoms. The topological polar surface area (TPSA) is 64.9 Å². The second-order valence-corrected chi connectivity index (χ2v) is 6.63. The van der Waals surface area contributed by atoms with Crippen molar-refractivity contribution >= 4 is 17.2 Å². The Bertz CT molecular complexity index is 1170. The fourth-order valence-corrected chi connectivity index (χ4v) is 3.10. The summed E-state index contributed by atoms with van der Waals surface area (Å²) in [6.07, 6.45) is 3.88. The number of para-hydroxylation sites is 1. The van der Waals surface area contributed by atoms with Crippen LogP contribution in [0.5, 0.6) is 11.5 Å². The zero-order valence-electron chi connectivity index (χ0n) is 16.3. The van der Waals surface area contributed by atoms with Gasteiger partial charge in [-0.25, -0.2) is 4.98 Å². The second-order valence-electron chi connectivity index (χ2n) is 6.63. The molecule has 2 aromatic carbocycles. The van der Waals surface area contributed by atoms with Crippen molar-refractivity contribution in [3.8, 4) is 11.5 Å². The van der Waals surface area contributed by atoms with Crippen LogP contribution in [0.3, 0.4) is 0 Å². The second kappa shape index (κ2) is 8.06. The van der Waals surface area contributed by atoms with Gasteiger partial charge in [0.25, 0.3) is 5.91 Å². The summed E-state index contributed by atoms with van der Waals surface area (Å²) < 4.78 is 13.1. The van der Waals surface area contributed by atoms with Crippen molar-refractivity contribution in [2.24, 2.45) is 0 Å². The molecule has 0 bridgehead atoms. The van der Waals surface area contributed by atoms with Gasteiger partial charge in [0, 0.05) is 24.1 Å². The maximum Gasteiger partial charge on any atom is 0.259 e. The minimum atomic E-state index is -0.250. The molecule has 1 amide bonds. The van der Waals surface area contributed by atoms with E-state index in [1.54, 1.807) is 25.3 Å². The van der Waals surface area contributed by atoms with Crippen molar-refractivity contribution in [2.45, 2.75) is 13.5 Å². The minimum absolute atomic E-state index is 0.250. The van der Waals surface area contributed by atoms with Gasteiger partial charge in [-0.15, -0.1) is 0 Å². The fraction of sp³-hybridized carbons (Fsp3) is 0.130. The Kier molecular flexibility index (Phi) is 5.16. The van der Waals surface area contributed by atoms with E-state index in [1.165, 1.54) is 0 Å². The van der Waals surface area contributed by atoms with Crippen LogP contribution in [0.15, 0.2) is 73.1 Å². The van der Waals surface area contributed by atoms with E-state index in [9.17, 15) is 4.79 Å². The number of nitrogens with one attached hydrogen (secondary N) is 1. The highest BCUT2D eigenvalue weighted by Crippen LogP contribution is 2.23. The number of benzene rings is 2. The summed E-state index contributed by atoms with van der Waals surface area (Å²) in [5.74, 6) is 0.927. The molecule has 0 aliphatic heterocycles. The van der Waals surface area contributed by atoms with Crippen molar-refractivity contribution in [1.29, 1.82) is 0 Å². The summed E-state index contributed by atoms with van der Waals surface area (Å²) in [6, 6.07) is 18.4. The molecule has 1 N–H and O–H groups in total. The van der Waals surface area contributed by atoms with E-state index in [-0.39, 0.29) is 12.5 Å². The summed E-state index contributed by atoms with van der Waals surface area (Å²) >= 11 is 0. The molecule has 29 heavy (non-hydrogen) atoms. The van der Waals surface area contributed by atoms with Gasteiger partial charge in [-0.2, -0.15) is 0 Å². The molecule has 2 aromatic heterocycles. The van der Waals surface area contributed by atoms with Gasteiger partial charge >= 0.3 is 0 Å². The lowest BCUT2D eigenvalue weighted by Crippen LogP contribution is -2.13. The molecule has 6 nitrogen and oxygen atoms in total. The number of hydrogen-bond donors (Lipinski definition) is 1. The van der Waals surface area contributed by atoms with Gasteiger partial charge in [0.1, 0.15) is 23.8 Å². The summed E-state index contributed by atoms with van der Waals surface area (Å²) in [7, 11) is 1.59. The van der Waals surface area contributed by atoms with Crippen LogP contribution in [-0.4, -0.2) is 22.4 Å². The van der Waals surface area contributed by atoms with Gasteiger partial charge in [-0.05, 0) is 42.8 Å². The van der Waals surface area contributed by atoms with E-state index in [1.807, 2.05) is 66.2 Å². The van der Waals surface area contributed by atoms with E-state index in [2.05, 4.69) is 10.3 Å². The number of pyridine rings is 1. The summed E-state index contributed by atoms with van der Waals surface area (Å²) in [5, 5.41) is 2.88. The number of carbonyl (C=O) groups excluding carboxylic acids is 1. The number of aromatic nitrogens is 2. The number of fused-ring (bicyclic) bond motifs is 1. The Morgan fingerprint density at radius 1 is 1.10 bits per heavy atom. The Hall–Kier alpha value is -3.80. The van der Waals surface area contributed by atoms with Crippen LogP contribution in [0.25, 0.3) is 5.65 Å². The lowest BCUT2D eigenvalue weighted by Gasteiger charge is -2.11. The molecule has 0 saturated heterocycles. The predicted octanol–water partition coefficient (Wildman–Crippen LogP) is 4.48. The van der Waals surface area contributed by atoms with E-state index < -0.39 is 0 Å². The number of nitrogens with zero attached hydrogens (tertiary/aromatic N) is 2. The van der Waals surface area contributed by atoms with Crippen molar-refractivity contribution < 1.29 is 14.3 Å². The van der Waals surface area contributed by atoms with Crippen molar-refractivity contribution in [3.05, 3.63) is 89.9 Å². The molecule has 0 fully saturated rings. The van der Waals surface area contributed by atoms with Crippen LogP contribution in [0, 0.1) is 6.92 Å². The summed E-state index contributed by atoms with van der Waals surface area (Å²) in [4.78, 5) is 17.4. The molecule has 6 heteroatoms. The Balaban J connectivity index is 1.51. The third-order valence-corrected chi connectivity index (χ3v) is 4.56. The van der Waals surface area contributed by atoms with Gasteiger partial charge in [0.2, 0.25) is 0 Å². The van der Waals surface area contributed by atoms with E-state index >= 15 is 0 Å². The molecule has 4 aromatic rings. The number of anilines is 1. The summed E-state index contributed by atoms with van der Waals surface area (Å²) in [6.45, 7) is 2.29. The minimum Gasteiger partial charge on any atom is -0.497 e. The molecular formula is C23H21N3O3. The first-order valence-electron chi connectivity index (χ1n) is 9.24. The molecule has 0 aliphatic carbocycles. The normalized spacial score (nSPS) is 10.7. The molecule has 0 atom stereocenters. The molecule has 0 saturated carbocycles. The van der Waals surface area contributed by atoms with Crippen LogP contribution in [0.4, 0.5) is 5.69 Å². The number of rotatable bonds is 6. The molecular weight excluding hydrogens is 366 g/mol. The molecule has 2 heterocycles. The van der Waals surface area contributed by atoms with Gasteiger partial charge in [-0.3, -0.25) is 4.79 Å². The molecule has 4 rings (SSSR count). The van der Waals surface area contributed by atoms with Gasteiger partial charge in [0.05, 0.1) is 18.4 Å². The van der Waals surface area contributed by atoms with E-state index in [4.69, 9.17) is 9.47 Å². The average Bonchev–Trinajstić information content (AvgIpc) is 3.17. The first kappa shape index (κ1) is 18.6. The number of methoxy groups -OCH3 is 1. The molecule has 0 aliphatic rings. The third kappa shape index (κ3) is 4.06. The lowest BCUT2D eigenvalue weighted by molar-refractivity contribution is 0.102. The zero-order chi connectivity index (χ0) is 20.2. The van der Waals surface area contributed by atoms with Crippen LogP contribution in [0.2, 0.25) is 0 Å². The lowest BCUT2D eigenvalue weighted by atomic mass is 10.2. The van der Waals surface area contributed by atoms with Crippen LogP contribution in [0.1, 0.15) is 21.6 Å². The molecule has 0 unspecified atom stereocenters. The number of imidazole rings is 1. The standard InChI is InChI=1S/C23H21N3O3/c1-16-7-6-12-26-14-18(24-22(16)26)15-29-21-11-4-3-10-20(21)23(27)25-17-8-5-9-19(13-17)28-2/h3-14H,15H2,1-2H3,(H,25,27). The van der Waals surface area contributed by atoms with Crippen LogP contribution >= 0.6 is 0 Å². The van der Waals surface area contributed by atoms with Crippen LogP contribution < -0.4 is 14.8 Å². The highest BCUT2D eigenvalue weighted by atomic mass is 16.5. The van der Waals surface area contributed by atoms with Crippen molar-refractivity contribution in [3.63, 3.8) is 0 Å². The predicted molar refractivity (Wildman–Crippen MR) is 112 cm³/mol. The third-order valence-electron chi connectivity index (χ3n) is 4.56. The number of hydrogen-bond acceptors (Lipinski definition) is 4. The highest BCUT2D eigenvalue weighted by Gasteiger charge is 2.14. The number of ether oxygens (including phenoxy) is 2. The maximum absolute atomic E-state index is 12.8. The first-order valence-corrected chi connectivity index (χ1v) is 9.24. The van der Waals surface area contributed by atoms with Crippen molar-refractivity contribution in [1.82, 2.24) is 9.38 Å². The SMILES string of the molecule is COc1cccc(NC(=O)c2ccccc2OCc2cn3cccc(C)c3n2)c1. The Morgan fingerprint density at radius 3 is 2.79 bits per heavy atom. The smallest absolute Gasteiger partial charge is 0.259 e. The largest absolute Gasteiger partial charge is 0.497 e. The Morgan fingerprint density at radius 2 is 1.97 bits per heavy atom. The number of aryl methyl sites for hydroxylation is 1. The number of carbonyl (C=O) groups is 1. The van der Waals surface area contributed by atoms with Crippen molar-refractivity contribution in [2.75, 3.05) is 12.4 Å². The maximum atomic E-state index is 12.8. The van der Waals surface area contributed by atoms with Gasteiger partial charge in [0.15, 0.2) is 0 Å². The first-order chi connectivity index (χ1) is 14.1. The monoisotopic (exact) mass is 387 g/mol. The summed E-state index contributed by atoms with van der Waals surface area (Å²) in [5.41, 5.74) is 3.89. The fourth-order valence-electron chi connectivity index (χ4n) is 3.10. The van der Waals surface area contributed by atoms with Crippen LogP contribution in [-0.2, 0) is 6.61 Å². The Labute approximate surface area is 168 Å². The molecule has 0 radical (unpaired) electrons. The number of amides is 1. The van der Waals surface area contributed by atoms with E-state index in [0.717, 1.165) is 16.9 Å². The molecule has 146 valence electrons. The average molecular weight is 387 g/mol. The quantitative estimate of drug-likeness (QED) is 0.530. The highest BCUT2D eigenvalue weighted by molar-refractivity contribution is 6.06. The van der Waals surface area contributed by atoms with E-state index in [0.29, 0.717) is 22.7 Å².